The molecule has 0 saturated heterocycles. The number of benzene rings is 2. The van der Waals surface area contributed by atoms with Gasteiger partial charge in [-0.15, -0.1) is 0 Å². The maximum absolute atomic E-state index is 5.92. The molecule has 94 valence electrons. The van der Waals surface area contributed by atoms with E-state index in [2.05, 4.69) is 43.3 Å². The Hall–Kier alpha value is -1.51. The van der Waals surface area contributed by atoms with E-state index in [1.807, 2.05) is 18.2 Å². The van der Waals surface area contributed by atoms with Crippen LogP contribution in [0.15, 0.2) is 42.5 Å². The van der Waals surface area contributed by atoms with Crippen LogP contribution in [-0.4, -0.2) is 19.0 Å². The first-order valence-electron chi connectivity index (χ1n) is 5.85. The normalized spacial score (nSPS) is 10.9. The van der Waals surface area contributed by atoms with Gasteiger partial charge in [0.25, 0.3) is 0 Å². The Balaban J connectivity index is 2.25. The van der Waals surface area contributed by atoms with Crippen molar-refractivity contribution in [2.45, 2.75) is 6.54 Å². The van der Waals surface area contributed by atoms with Crippen LogP contribution >= 0.6 is 11.6 Å². The molecule has 0 amide bonds. The first-order valence-corrected chi connectivity index (χ1v) is 6.23. The van der Waals surface area contributed by atoms with Crippen LogP contribution in [0.5, 0.6) is 0 Å². The van der Waals surface area contributed by atoms with Gasteiger partial charge in [0.05, 0.1) is 10.7 Å². The van der Waals surface area contributed by atoms with Crippen molar-refractivity contribution in [1.29, 1.82) is 0 Å². The SMILES string of the molecule is CN(C)Cc1ccc(-c2ccc(Cl)c(N)c2)cc1. The Morgan fingerprint density at radius 2 is 1.61 bits per heavy atom. The smallest absolute Gasteiger partial charge is 0.0635 e. The van der Waals surface area contributed by atoms with Gasteiger partial charge < -0.3 is 10.6 Å². The lowest BCUT2D eigenvalue weighted by atomic mass is 10.0. The predicted molar refractivity (Wildman–Crippen MR) is 78.7 cm³/mol. The van der Waals surface area contributed by atoms with Crippen molar-refractivity contribution in [3.8, 4) is 11.1 Å². The van der Waals surface area contributed by atoms with Gasteiger partial charge >= 0.3 is 0 Å². The molecule has 0 saturated carbocycles. The summed E-state index contributed by atoms with van der Waals surface area (Å²) in [6, 6.07) is 14.2. The second-order valence-electron chi connectivity index (χ2n) is 4.67. The molecule has 0 spiro atoms. The van der Waals surface area contributed by atoms with E-state index >= 15 is 0 Å². The molecule has 0 unspecified atom stereocenters. The maximum Gasteiger partial charge on any atom is 0.0635 e. The minimum absolute atomic E-state index is 0.600. The fourth-order valence-electron chi connectivity index (χ4n) is 1.89. The lowest BCUT2D eigenvalue weighted by molar-refractivity contribution is 0.402. The minimum Gasteiger partial charge on any atom is -0.398 e. The molecule has 18 heavy (non-hydrogen) atoms. The highest BCUT2D eigenvalue weighted by Gasteiger charge is 2.02. The van der Waals surface area contributed by atoms with Crippen LogP contribution in [-0.2, 0) is 6.54 Å². The van der Waals surface area contributed by atoms with Crippen molar-refractivity contribution in [1.82, 2.24) is 4.90 Å². The number of nitrogens with two attached hydrogens (primary N) is 1. The summed E-state index contributed by atoms with van der Waals surface area (Å²) < 4.78 is 0. The molecule has 2 rings (SSSR count). The summed E-state index contributed by atoms with van der Waals surface area (Å²) in [7, 11) is 4.13. The lowest BCUT2D eigenvalue weighted by Gasteiger charge is -2.10. The molecular weight excluding hydrogens is 244 g/mol. The van der Waals surface area contributed by atoms with Crippen LogP contribution in [0, 0.1) is 0 Å². The molecule has 2 aromatic rings. The largest absolute Gasteiger partial charge is 0.398 e. The van der Waals surface area contributed by atoms with Crippen LogP contribution in [0.4, 0.5) is 5.69 Å². The molecule has 0 aliphatic rings. The van der Waals surface area contributed by atoms with Gasteiger partial charge in [0, 0.05) is 6.54 Å². The lowest BCUT2D eigenvalue weighted by Crippen LogP contribution is -2.10. The zero-order valence-corrected chi connectivity index (χ0v) is 11.4. The van der Waals surface area contributed by atoms with E-state index < -0.39 is 0 Å². The first-order chi connectivity index (χ1) is 8.56. The number of hydrogen-bond acceptors (Lipinski definition) is 2. The Bertz CT molecular complexity index is 533. The van der Waals surface area contributed by atoms with Crippen LogP contribution in [0.1, 0.15) is 5.56 Å². The van der Waals surface area contributed by atoms with Crippen molar-refractivity contribution in [3.63, 3.8) is 0 Å². The number of hydrogen-bond donors (Lipinski definition) is 1. The van der Waals surface area contributed by atoms with Gasteiger partial charge in [-0.2, -0.15) is 0 Å². The van der Waals surface area contributed by atoms with Crippen molar-refractivity contribution < 1.29 is 0 Å². The topological polar surface area (TPSA) is 29.3 Å². The van der Waals surface area contributed by atoms with E-state index in [0.717, 1.165) is 17.7 Å². The van der Waals surface area contributed by atoms with Crippen LogP contribution in [0.3, 0.4) is 0 Å². The second kappa shape index (κ2) is 5.42. The third-order valence-corrected chi connectivity index (χ3v) is 3.13. The number of nitrogens with zero attached hydrogens (tertiary/aromatic N) is 1. The van der Waals surface area contributed by atoms with E-state index in [9.17, 15) is 0 Å². The van der Waals surface area contributed by atoms with E-state index in [-0.39, 0.29) is 0 Å². The zero-order valence-electron chi connectivity index (χ0n) is 10.7. The van der Waals surface area contributed by atoms with Crippen molar-refractivity contribution in [2.24, 2.45) is 0 Å². The molecule has 0 fully saturated rings. The van der Waals surface area contributed by atoms with Gasteiger partial charge in [-0.1, -0.05) is 41.9 Å². The number of nitrogen functional groups attached to an aromatic ring is 1. The van der Waals surface area contributed by atoms with E-state index in [1.165, 1.54) is 5.56 Å². The van der Waals surface area contributed by atoms with Gasteiger partial charge in [0.1, 0.15) is 0 Å². The Labute approximate surface area is 113 Å². The molecule has 0 aliphatic heterocycles. The summed E-state index contributed by atoms with van der Waals surface area (Å²) in [6.45, 7) is 0.947. The highest BCUT2D eigenvalue weighted by Crippen LogP contribution is 2.26. The average molecular weight is 261 g/mol. The Kier molecular flexibility index (Phi) is 3.90. The summed E-state index contributed by atoms with van der Waals surface area (Å²) >= 11 is 5.92. The summed E-state index contributed by atoms with van der Waals surface area (Å²) in [5.41, 5.74) is 9.97. The maximum atomic E-state index is 5.92. The summed E-state index contributed by atoms with van der Waals surface area (Å²) in [6.07, 6.45) is 0. The van der Waals surface area contributed by atoms with Crippen molar-refractivity contribution in [2.75, 3.05) is 19.8 Å². The monoisotopic (exact) mass is 260 g/mol. The van der Waals surface area contributed by atoms with Crippen molar-refractivity contribution in [3.05, 3.63) is 53.1 Å². The predicted octanol–water partition coefficient (Wildman–Crippen LogP) is 3.65. The van der Waals surface area contributed by atoms with Gasteiger partial charge in [-0.05, 0) is 42.9 Å². The van der Waals surface area contributed by atoms with Gasteiger partial charge in [0.15, 0.2) is 0 Å². The molecule has 0 heterocycles. The third-order valence-electron chi connectivity index (χ3n) is 2.78. The van der Waals surface area contributed by atoms with Crippen molar-refractivity contribution >= 4 is 17.3 Å². The van der Waals surface area contributed by atoms with Crippen LogP contribution in [0.25, 0.3) is 11.1 Å². The van der Waals surface area contributed by atoms with Gasteiger partial charge in [0.2, 0.25) is 0 Å². The molecule has 2 aromatic carbocycles. The highest BCUT2D eigenvalue weighted by atomic mass is 35.5. The number of rotatable bonds is 3. The zero-order chi connectivity index (χ0) is 13.1. The standard InChI is InChI=1S/C15H17ClN2/c1-18(2)10-11-3-5-12(6-4-11)13-7-8-14(16)15(17)9-13/h3-9H,10,17H2,1-2H3. The third kappa shape index (κ3) is 3.03. The molecule has 2 N–H and O–H groups in total. The summed E-state index contributed by atoms with van der Waals surface area (Å²) in [5.74, 6) is 0. The molecular formula is C15H17ClN2. The molecule has 0 bridgehead atoms. The molecule has 3 heteroatoms. The first kappa shape index (κ1) is 12.9. The quantitative estimate of drug-likeness (QED) is 0.854. The number of anilines is 1. The Morgan fingerprint density at radius 1 is 1.00 bits per heavy atom. The Morgan fingerprint density at radius 3 is 2.17 bits per heavy atom. The molecule has 2 nitrogen and oxygen atoms in total. The average Bonchev–Trinajstić information content (AvgIpc) is 2.33. The molecule has 0 atom stereocenters. The molecule has 0 aromatic heterocycles. The summed E-state index contributed by atoms with van der Waals surface area (Å²) in [5, 5.41) is 0.600. The van der Waals surface area contributed by atoms with Gasteiger partial charge in [-0.25, -0.2) is 0 Å². The van der Waals surface area contributed by atoms with E-state index in [0.29, 0.717) is 10.7 Å². The van der Waals surface area contributed by atoms with Gasteiger partial charge in [-0.3, -0.25) is 0 Å². The van der Waals surface area contributed by atoms with Crippen LogP contribution in [0.2, 0.25) is 5.02 Å². The van der Waals surface area contributed by atoms with E-state index in [1.54, 1.807) is 0 Å². The summed E-state index contributed by atoms with van der Waals surface area (Å²) in [4.78, 5) is 2.15. The van der Waals surface area contributed by atoms with E-state index in [4.69, 9.17) is 17.3 Å². The minimum atomic E-state index is 0.600. The highest BCUT2D eigenvalue weighted by molar-refractivity contribution is 6.33. The second-order valence-corrected chi connectivity index (χ2v) is 5.08. The van der Waals surface area contributed by atoms with Crippen LogP contribution < -0.4 is 5.73 Å². The number of halogens is 1. The molecule has 0 radical (unpaired) electrons. The fourth-order valence-corrected chi connectivity index (χ4v) is 2.01. The molecule has 0 aliphatic carbocycles. The fraction of sp³-hybridized carbons (Fsp3) is 0.200.